The molecule has 2 saturated heterocycles. The second kappa shape index (κ2) is 39.1. The molecular formula is C47H120O28Si14. The molecule has 2 aliphatic heterocycles. The predicted octanol–water partition coefficient (Wildman–Crippen LogP) is 8.19. The van der Waals surface area contributed by atoms with E-state index in [0.29, 0.717) is 130 Å². The second-order valence-corrected chi connectivity index (χ2v) is 70.7. The van der Waals surface area contributed by atoms with Crippen LogP contribution in [0.15, 0.2) is 0 Å². The number of hydrogen-bond acceptors (Lipinski definition) is 28. The summed E-state index contributed by atoms with van der Waals surface area (Å²) in [6.07, 6.45) is 2.03. The summed E-state index contributed by atoms with van der Waals surface area (Å²) in [5.41, 5.74) is 0. The molecule has 0 aromatic rings. The number of ether oxygens (including phenoxy) is 2. The summed E-state index contributed by atoms with van der Waals surface area (Å²) in [6.45, 7) is 18.7. The van der Waals surface area contributed by atoms with Gasteiger partial charge in [0.25, 0.3) is 0 Å². The molecule has 0 bridgehead atoms. The van der Waals surface area contributed by atoms with E-state index in [-0.39, 0.29) is 0 Å². The van der Waals surface area contributed by atoms with Crippen LogP contribution in [-0.2, 0) is 122 Å². The largest absolute Gasteiger partial charge is 0.500 e. The fourth-order valence-corrected chi connectivity index (χ4v) is 78.3. The molecule has 0 aromatic heterocycles. The molecule has 2 heterocycles. The number of hydrogen-bond donors (Lipinski definition) is 0. The van der Waals surface area contributed by atoms with Crippen molar-refractivity contribution in [1.82, 2.24) is 0 Å². The summed E-state index contributed by atoms with van der Waals surface area (Å²) in [5, 5.41) is 0. The molecule has 0 saturated carbocycles. The van der Waals surface area contributed by atoms with Crippen molar-refractivity contribution >= 4 is 121 Å². The molecule has 532 valence electrons. The minimum absolute atomic E-state index is 0.460. The van der Waals surface area contributed by atoms with Gasteiger partial charge in [-0.25, -0.2) is 0 Å². The maximum atomic E-state index is 7.47. The van der Waals surface area contributed by atoms with E-state index in [9.17, 15) is 0 Å². The van der Waals surface area contributed by atoms with Gasteiger partial charge in [0, 0.05) is 191 Å². The Labute approximate surface area is 550 Å². The van der Waals surface area contributed by atoms with Crippen LogP contribution < -0.4 is 0 Å². The van der Waals surface area contributed by atoms with Crippen LogP contribution in [0.4, 0.5) is 0 Å². The highest BCUT2D eigenvalue weighted by atomic mass is 28.5. The van der Waals surface area contributed by atoms with Gasteiger partial charge < -0.3 is 122 Å². The molecule has 2 rings (SSSR count). The van der Waals surface area contributed by atoms with Crippen LogP contribution in [0.5, 0.6) is 0 Å². The molecule has 0 amide bonds. The van der Waals surface area contributed by atoms with E-state index in [1.54, 1.807) is 128 Å². The summed E-state index contributed by atoms with van der Waals surface area (Å²) in [7, 11) is -14.8. The maximum Gasteiger partial charge on any atom is 0.500 e. The first-order chi connectivity index (χ1) is 41.7. The van der Waals surface area contributed by atoms with Gasteiger partial charge >= 0.3 is 121 Å². The minimum atomic E-state index is -3.21. The van der Waals surface area contributed by atoms with Gasteiger partial charge in [0.1, 0.15) is 0 Å². The van der Waals surface area contributed by atoms with Gasteiger partial charge in [-0.05, 0) is 120 Å². The third kappa shape index (κ3) is 26.5. The van der Waals surface area contributed by atoms with Crippen molar-refractivity contribution in [3.05, 3.63) is 0 Å². The molecule has 0 N–H and O–H groups in total. The zero-order chi connectivity index (χ0) is 67.6. The second-order valence-electron chi connectivity index (χ2n) is 23.4. The Hall–Kier alpha value is 1.92. The standard InChI is InChI=1S/C47H120O28Si14/c1-48-84(49-2,50-3)42-36-78(21)68-76(19,69-79(22,37-43-85(51-4,52-5)53-6)73-82(25,72-78)40-46-88(60-13,61-14)62-15)34-28-32-66-30-27-31-67-33-29-35-77(20)70-80(23,38-44-86(54-7,55-8)56-9)74-83(26,41-47-89(63-16,64-17)65-18)75-81(24,71-77)39-45-87(57-10,58-11)59-12/h27-47H2,1-26H3. The summed E-state index contributed by atoms with van der Waals surface area (Å²) >= 11 is 0. The van der Waals surface area contributed by atoms with Crippen LogP contribution >= 0.6 is 0 Å². The minimum Gasteiger partial charge on any atom is -0.416 e. The predicted molar refractivity (Wildman–Crippen MR) is 365 cm³/mol. The molecule has 2 aliphatic rings. The molecule has 4 unspecified atom stereocenters. The third-order valence-electron chi connectivity index (χ3n) is 16.8. The third-order valence-corrected chi connectivity index (χ3v) is 73.3. The Kier molecular flexibility index (Phi) is 38.2. The van der Waals surface area contributed by atoms with Crippen molar-refractivity contribution in [2.45, 2.75) is 156 Å². The van der Waals surface area contributed by atoms with Crippen LogP contribution in [0.2, 0.25) is 137 Å². The highest BCUT2D eigenvalue weighted by molar-refractivity contribution is 6.96. The van der Waals surface area contributed by atoms with Crippen molar-refractivity contribution in [2.24, 2.45) is 0 Å². The lowest BCUT2D eigenvalue weighted by Crippen LogP contribution is -2.68. The van der Waals surface area contributed by atoms with E-state index in [1.807, 2.05) is 0 Å². The highest BCUT2D eigenvalue weighted by Gasteiger charge is 2.62. The van der Waals surface area contributed by atoms with Gasteiger partial charge in [0.05, 0.1) is 0 Å². The van der Waals surface area contributed by atoms with Crippen LogP contribution in [0, 0.1) is 0 Å². The molecule has 0 radical (unpaired) electrons. The summed E-state index contributed by atoms with van der Waals surface area (Å²) in [5.74, 6) is 0. The van der Waals surface area contributed by atoms with Gasteiger partial charge in [0.2, 0.25) is 0 Å². The summed E-state index contributed by atoms with van der Waals surface area (Å²) in [6, 6.07) is 7.03. The molecule has 28 nitrogen and oxygen atoms in total. The lowest BCUT2D eigenvalue weighted by molar-refractivity contribution is 0.0817. The monoisotopic (exact) mass is 1520 g/mol. The smallest absolute Gasteiger partial charge is 0.416 e. The van der Waals surface area contributed by atoms with E-state index >= 15 is 0 Å². The van der Waals surface area contributed by atoms with Gasteiger partial charge in [0.15, 0.2) is 0 Å². The van der Waals surface area contributed by atoms with Crippen molar-refractivity contribution < 1.29 is 122 Å². The molecule has 89 heavy (non-hydrogen) atoms. The lowest BCUT2D eigenvalue weighted by Gasteiger charge is -2.51. The maximum absolute atomic E-state index is 7.47. The Bertz CT molecular complexity index is 1690. The Morgan fingerprint density at radius 1 is 0.191 bits per heavy atom. The van der Waals surface area contributed by atoms with Gasteiger partial charge in [-0.1, -0.05) is 0 Å². The molecule has 42 heteroatoms. The Morgan fingerprint density at radius 2 is 0.315 bits per heavy atom. The molecule has 2 fully saturated rings. The SMILES string of the molecule is CO[Si](CC[Si]1(C)O[Si](C)(CCCOCCCOCCC[Si]2(C)O[Si](C)(CC[Si](OC)(OC)OC)O[Si](C)(CC[Si](OC)(OC)OC)O[Si](C)(CC[Si](OC)(OC)OC)O2)O[Si](C)(CC[Si](OC)(OC)OC)O[Si](C)(CC[Si](OC)(OC)OC)O1)(OC)OC. The van der Waals surface area contributed by atoms with E-state index in [1.165, 1.54) is 0 Å². The van der Waals surface area contributed by atoms with Crippen LogP contribution in [-0.4, -0.2) is 276 Å². The molecule has 0 aliphatic carbocycles. The summed E-state index contributed by atoms with van der Waals surface area (Å²) < 4.78 is 178. The average Bonchev–Trinajstić information content (AvgIpc) is 1.38. The topological polar surface area (TPSA) is 258 Å². The van der Waals surface area contributed by atoms with E-state index in [2.05, 4.69) is 52.4 Å². The average molecular weight is 1530 g/mol. The Balaban J connectivity index is 2.37. The summed E-state index contributed by atoms with van der Waals surface area (Å²) in [4.78, 5) is 0. The lowest BCUT2D eigenvalue weighted by atomic mass is 10.4. The van der Waals surface area contributed by atoms with Crippen molar-refractivity contribution in [3.8, 4) is 0 Å². The molecule has 0 aromatic carbocycles. The normalized spacial score (nSPS) is 29.1. The number of rotatable bonds is 48. The first-order valence-electron chi connectivity index (χ1n) is 30.4. The van der Waals surface area contributed by atoms with E-state index < -0.39 is 121 Å². The zero-order valence-electron chi connectivity index (χ0n) is 59.3. The first-order valence-corrected chi connectivity index (χ1v) is 62.2. The first kappa shape index (κ1) is 87.0. The molecular weight excluding hydrogens is 1410 g/mol. The van der Waals surface area contributed by atoms with Crippen molar-refractivity contribution in [1.29, 1.82) is 0 Å². The molecule has 0 spiro atoms. The van der Waals surface area contributed by atoms with Crippen LogP contribution in [0.1, 0.15) is 19.3 Å². The highest BCUT2D eigenvalue weighted by Crippen LogP contribution is 2.44. The fourth-order valence-electron chi connectivity index (χ4n) is 11.7. The fraction of sp³-hybridized carbons (Fsp3) is 1.00. The van der Waals surface area contributed by atoms with Gasteiger partial charge in [-0.2, -0.15) is 0 Å². The van der Waals surface area contributed by atoms with E-state index in [0.717, 1.165) is 0 Å². The van der Waals surface area contributed by atoms with Gasteiger partial charge in [-0.3, -0.25) is 0 Å². The van der Waals surface area contributed by atoms with Crippen LogP contribution in [0.25, 0.3) is 0 Å². The molecule has 4 atom stereocenters. The van der Waals surface area contributed by atoms with E-state index in [4.69, 9.17) is 122 Å². The quantitative estimate of drug-likeness (QED) is 0.0411. The Morgan fingerprint density at radius 3 is 0.449 bits per heavy atom. The zero-order valence-corrected chi connectivity index (χ0v) is 73.3. The van der Waals surface area contributed by atoms with Crippen molar-refractivity contribution in [2.75, 3.05) is 154 Å². The van der Waals surface area contributed by atoms with Gasteiger partial charge in [-0.15, -0.1) is 0 Å². The van der Waals surface area contributed by atoms with Crippen molar-refractivity contribution in [3.63, 3.8) is 0 Å². The van der Waals surface area contributed by atoms with Crippen LogP contribution in [0.3, 0.4) is 0 Å².